The molecule has 1 aliphatic heterocycles. The molecule has 3 aromatic rings. The van der Waals surface area contributed by atoms with Crippen molar-refractivity contribution in [3.8, 4) is 17.4 Å². The van der Waals surface area contributed by atoms with Gasteiger partial charge in [-0.2, -0.15) is 0 Å². The molecule has 4 heterocycles. The molecule has 1 aliphatic carbocycles. The van der Waals surface area contributed by atoms with E-state index in [2.05, 4.69) is 15.3 Å². The van der Waals surface area contributed by atoms with E-state index in [1.165, 1.54) is 12.3 Å². The molecule has 3 aromatic heterocycles. The Labute approximate surface area is 212 Å². The van der Waals surface area contributed by atoms with E-state index in [1.54, 1.807) is 29.7 Å². The monoisotopic (exact) mass is 536 g/mol. The first kappa shape index (κ1) is 24.8. The number of aromatic nitrogens is 3. The predicted molar refractivity (Wildman–Crippen MR) is 132 cm³/mol. The van der Waals surface area contributed by atoms with Crippen molar-refractivity contribution >= 4 is 33.0 Å². The smallest absolute Gasteiger partial charge is 0.272 e. The van der Waals surface area contributed by atoms with Gasteiger partial charge in [0.25, 0.3) is 11.8 Å². The van der Waals surface area contributed by atoms with Gasteiger partial charge in [0.15, 0.2) is 5.75 Å². The van der Waals surface area contributed by atoms with E-state index in [9.17, 15) is 17.6 Å². The summed E-state index contributed by atoms with van der Waals surface area (Å²) >= 11 is 6.04. The number of halogens is 2. The maximum absolute atomic E-state index is 14.0. The van der Waals surface area contributed by atoms with Crippen molar-refractivity contribution in [1.29, 1.82) is 0 Å². The molecule has 12 heteroatoms. The summed E-state index contributed by atoms with van der Waals surface area (Å²) in [4.78, 5) is 21.7. The summed E-state index contributed by atoms with van der Waals surface area (Å²) in [6.45, 7) is 3.51. The Morgan fingerprint density at radius 1 is 1.25 bits per heavy atom. The molecule has 2 aliphatic rings. The Morgan fingerprint density at radius 3 is 2.67 bits per heavy atom. The molecular weight excluding hydrogens is 511 g/mol. The average Bonchev–Trinajstić information content (AvgIpc) is 3.48. The Morgan fingerprint density at radius 2 is 1.97 bits per heavy atom. The van der Waals surface area contributed by atoms with Crippen LogP contribution in [0.1, 0.15) is 48.8 Å². The standard InChI is InChI=1S/C24H26ClFN4O5S/c1-15-20(21(31)29-23(2)7-9-36(32,33)10-8-23)28-19-4-3-17(13-30(15)19)35-22-18(11-16(25)12-27-22)34-14-24(26)5-6-24/h3-4,11-13H,5-10,14H2,1-2H3,(H,29,31). The molecule has 1 amide bonds. The molecule has 0 atom stereocenters. The molecule has 1 N–H and O–H groups in total. The second-order valence-corrected chi connectivity index (χ2v) is 12.5. The van der Waals surface area contributed by atoms with Crippen LogP contribution in [0.25, 0.3) is 5.65 Å². The molecule has 1 saturated carbocycles. The summed E-state index contributed by atoms with van der Waals surface area (Å²) in [5.41, 5.74) is -0.558. The van der Waals surface area contributed by atoms with E-state index in [-0.39, 0.29) is 41.3 Å². The molecule has 5 rings (SSSR count). The zero-order valence-corrected chi connectivity index (χ0v) is 21.5. The van der Waals surface area contributed by atoms with Crippen molar-refractivity contribution in [2.75, 3.05) is 18.1 Å². The third-order valence-electron chi connectivity index (χ3n) is 6.67. The molecule has 1 saturated heterocycles. The normalized spacial score (nSPS) is 19.6. The largest absolute Gasteiger partial charge is 0.485 e. The lowest BCUT2D eigenvalue weighted by Gasteiger charge is -2.34. The SMILES string of the molecule is Cc1c(C(=O)NC2(C)CCS(=O)(=O)CC2)nc2ccc(Oc3ncc(Cl)cc3OCC3(F)CC3)cn12. The number of hydrogen-bond donors (Lipinski definition) is 1. The highest BCUT2D eigenvalue weighted by Crippen LogP contribution is 2.41. The van der Waals surface area contributed by atoms with Crippen molar-refractivity contribution in [3.05, 3.63) is 47.0 Å². The topological polar surface area (TPSA) is 112 Å². The van der Waals surface area contributed by atoms with Gasteiger partial charge in [-0.3, -0.25) is 9.20 Å². The highest BCUT2D eigenvalue weighted by atomic mass is 35.5. The Kier molecular flexibility index (Phi) is 6.11. The molecule has 0 aromatic carbocycles. The van der Waals surface area contributed by atoms with Crippen LogP contribution in [0, 0.1) is 6.92 Å². The maximum Gasteiger partial charge on any atom is 0.272 e. The number of carbonyl (C=O) groups excluding carboxylic acids is 1. The lowest BCUT2D eigenvalue weighted by atomic mass is 9.94. The van der Waals surface area contributed by atoms with Crippen LogP contribution in [0.5, 0.6) is 17.4 Å². The van der Waals surface area contributed by atoms with E-state index < -0.39 is 21.0 Å². The quantitative estimate of drug-likeness (QED) is 0.484. The van der Waals surface area contributed by atoms with Gasteiger partial charge in [0.05, 0.1) is 28.4 Å². The van der Waals surface area contributed by atoms with Crippen molar-refractivity contribution < 1.29 is 27.1 Å². The Hall–Kier alpha value is -2.92. The fraction of sp³-hybridized carbons (Fsp3) is 0.458. The van der Waals surface area contributed by atoms with E-state index in [0.717, 1.165) is 0 Å². The minimum absolute atomic E-state index is 0.0470. The van der Waals surface area contributed by atoms with E-state index in [0.29, 0.717) is 47.8 Å². The molecule has 0 radical (unpaired) electrons. The van der Waals surface area contributed by atoms with Gasteiger partial charge in [-0.1, -0.05) is 11.6 Å². The predicted octanol–water partition coefficient (Wildman–Crippen LogP) is 4.06. The zero-order chi connectivity index (χ0) is 25.7. The van der Waals surface area contributed by atoms with Crippen molar-refractivity contribution in [2.45, 2.75) is 50.7 Å². The van der Waals surface area contributed by atoms with Gasteiger partial charge < -0.3 is 14.8 Å². The third kappa shape index (κ3) is 5.27. The van der Waals surface area contributed by atoms with Crippen LogP contribution in [-0.4, -0.2) is 58.0 Å². The first-order chi connectivity index (χ1) is 16.9. The highest BCUT2D eigenvalue weighted by molar-refractivity contribution is 7.91. The molecule has 9 nitrogen and oxygen atoms in total. The lowest BCUT2D eigenvalue weighted by molar-refractivity contribution is 0.0894. The van der Waals surface area contributed by atoms with Crippen LogP contribution in [0.4, 0.5) is 4.39 Å². The van der Waals surface area contributed by atoms with E-state index >= 15 is 0 Å². The minimum atomic E-state index is -3.05. The second-order valence-electron chi connectivity index (χ2n) is 9.80. The van der Waals surface area contributed by atoms with Gasteiger partial charge in [-0.25, -0.2) is 22.8 Å². The Bertz CT molecular complexity index is 1440. The molecule has 0 spiro atoms. The van der Waals surface area contributed by atoms with Crippen LogP contribution in [-0.2, 0) is 9.84 Å². The third-order valence-corrected chi connectivity index (χ3v) is 8.53. The van der Waals surface area contributed by atoms with Crippen LogP contribution in [0.3, 0.4) is 0 Å². The highest BCUT2D eigenvalue weighted by Gasteiger charge is 2.44. The van der Waals surface area contributed by atoms with E-state index in [4.69, 9.17) is 21.1 Å². The number of nitrogens with zero attached hydrogens (tertiary/aromatic N) is 3. The van der Waals surface area contributed by atoms with Crippen molar-refractivity contribution in [3.63, 3.8) is 0 Å². The van der Waals surface area contributed by atoms with Crippen LogP contribution in [0.15, 0.2) is 30.6 Å². The van der Waals surface area contributed by atoms with Gasteiger partial charge in [0.1, 0.15) is 39.2 Å². The first-order valence-corrected chi connectivity index (χ1v) is 13.8. The zero-order valence-electron chi connectivity index (χ0n) is 19.9. The Balaban J connectivity index is 1.35. The number of amides is 1. The average molecular weight is 537 g/mol. The number of hydrogen-bond acceptors (Lipinski definition) is 7. The fourth-order valence-corrected chi connectivity index (χ4v) is 5.93. The molecular formula is C24H26ClFN4O5S. The number of imidazole rings is 1. The van der Waals surface area contributed by atoms with Gasteiger partial charge in [-0.05, 0) is 51.7 Å². The fourth-order valence-electron chi connectivity index (χ4n) is 4.05. The number of pyridine rings is 2. The summed E-state index contributed by atoms with van der Waals surface area (Å²) < 4.78 is 50.8. The van der Waals surface area contributed by atoms with Gasteiger partial charge in [0, 0.05) is 17.8 Å². The summed E-state index contributed by atoms with van der Waals surface area (Å²) in [7, 11) is -3.05. The number of rotatable bonds is 7. The van der Waals surface area contributed by atoms with E-state index in [1.807, 2.05) is 6.92 Å². The summed E-state index contributed by atoms with van der Waals surface area (Å²) in [6.07, 6.45) is 4.71. The molecule has 2 fully saturated rings. The molecule has 36 heavy (non-hydrogen) atoms. The minimum Gasteiger partial charge on any atom is -0.485 e. The van der Waals surface area contributed by atoms with Gasteiger partial charge in [-0.15, -0.1) is 0 Å². The summed E-state index contributed by atoms with van der Waals surface area (Å²) in [5.74, 6) is 0.503. The molecule has 0 bridgehead atoms. The van der Waals surface area contributed by atoms with Crippen LogP contribution >= 0.6 is 11.6 Å². The lowest BCUT2D eigenvalue weighted by Crippen LogP contribution is -2.51. The number of aryl methyl sites for hydroxylation is 1. The van der Waals surface area contributed by atoms with Crippen LogP contribution in [0.2, 0.25) is 5.02 Å². The van der Waals surface area contributed by atoms with Crippen molar-refractivity contribution in [2.24, 2.45) is 0 Å². The number of carbonyl (C=O) groups is 1. The van der Waals surface area contributed by atoms with Gasteiger partial charge in [0.2, 0.25) is 0 Å². The number of sulfone groups is 1. The number of nitrogens with one attached hydrogen (secondary N) is 1. The first-order valence-electron chi connectivity index (χ1n) is 11.6. The van der Waals surface area contributed by atoms with Crippen molar-refractivity contribution in [1.82, 2.24) is 19.7 Å². The van der Waals surface area contributed by atoms with Crippen LogP contribution < -0.4 is 14.8 Å². The molecule has 0 unspecified atom stereocenters. The molecule has 192 valence electrons. The number of fused-ring (bicyclic) bond motifs is 1. The summed E-state index contributed by atoms with van der Waals surface area (Å²) in [5, 5.41) is 3.30. The summed E-state index contributed by atoms with van der Waals surface area (Å²) in [6, 6.07) is 4.90. The number of ether oxygens (including phenoxy) is 2. The second kappa shape index (κ2) is 8.88. The van der Waals surface area contributed by atoms with Gasteiger partial charge >= 0.3 is 0 Å². The number of alkyl halides is 1. The maximum atomic E-state index is 14.0.